The van der Waals surface area contributed by atoms with Gasteiger partial charge in [0.1, 0.15) is 0 Å². The summed E-state index contributed by atoms with van der Waals surface area (Å²) in [6.07, 6.45) is 2.95. The summed E-state index contributed by atoms with van der Waals surface area (Å²) in [7, 11) is 0. The molecule has 0 aliphatic heterocycles. The Kier molecular flexibility index (Phi) is 10.1. The van der Waals surface area contributed by atoms with Crippen LogP contribution in [0, 0.1) is 13.8 Å². The van der Waals surface area contributed by atoms with E-state index in [0.717, 1.165) is 25.3 Å². The molecule has 0 bridgehead atoms. The van der Waals surface area contributed by atoms with Crippen LogP contribution in [0.4, 0.5) is 0 Å². The van der Waals surface area contributed by atoms with Crippen LogP contribution in [-0.4, -0.2) is 29.2 Å². The third-order valence-corrected chi connectivity index (χ3v) is 3.56. The summed E-state index contributed by atoms with van der Waals surface area (Å²) in [5.74, 6) is 2.13. The Labute approximate surface area is 166 Å². The van der Waals surface area contributed by atoms with Crippen molar-refractivity contribution >= 4 is 29.9 Å². The SMILES string of the molecule is CCCCNC(=NCc1ccc(C)cc1)NCCc1nc(C)no1.I. The molecule has 0 saturated heterocycles. The lowest BCUT2D eigenvalue weighted by molar-refractivity contribution is 0.374. The normalized spacial score (nSPS) is 11.1. The van der Waals surface area contributed by atoms with E-state index in [1.54, 1.807) is 0 Å². The van der Waals surface area contributed by atoms with Gasteiger partial charge in [0, 0.05) is 19.5 Å². The van der Waals surface area contributed by atoms with Crippen molar-refractivity contribution in [1.29, 1.82) is 0 Å². The number of nitrogens with one attached hydrogen (secondary N) is 2. The van der Waals surface area contributed by atoms with Crippen LogP contribution in [0.5, 0.6) is 0 Å². The molecular formula is C18H28IN5O. The van der Waals surface area contributed by atoms with Crippen LogP contribution in [-0.2, 0) is 13.0 Å². The molecule has 0 fully saturated rings. The number of unbranched alkanes of at least 4 members (excludes halogenated alkanes) is 1. The van der Waals surface area contributed by atoms with Gasteiger partial charge in [-0.1, -0.05) is 48.3 Å². The molecule has 2 N–H and O–H groups in total. The van der Waals surface area contributed by atoms with Gasteiger partial charge in [-0.25, -0.2) is 4.99 Å². The topological polar surface area (TPSA) is 75.3 Å². The number of guanidine groups is 1. The molecule has 1 heterocycles. The van der Waals surface area contributed by atoms with Gasteiger partial charge in [-0.2, -0.15) is 4.98 Å². The van der Waals surface area contributed by atoms with E-state index in [0.29, 0.717) is 31.2 Å². The maximum atomic E-state index is 5.12. The molecule has 2 aromatic rings. The van der Waals surface area contributed by atoms with Crippen LogP contribution < -0.4 is 10.6 Å². The van der Waals surface area contributed by atoms with Gasteiger partial charge < -0.3 is 15.2 Å². The first-order chi connectivity index (χ1) is 11.7. The minimum absolute atomic E-state index is 0. The molecule has 1 aromatic carbocycles. The second kappa shape index (κ2) is 11.8. The second-order valence-corrected chi connectivity index (χ2v) is 5.84. The average Bonchev–Trinajstić information content (AvgIpc) is 2.99. The zero-order valence-electron chi connectivity index (χ0n) is 15.2. The van der Waals surface area contributed by atoms with Gasteiger partial charge >= 0.3 is 0 Å². The van der Waals surface area contributed by atoms with Crippen LogP contribution in [0.3, 0.4) is 0 Å². The number of aromatic nitrogens is 2. The Morgan fingerprint density at radius 3 is 2.48 bits per heavy atom. The van der Waals surface area contributed by atoms with Gasteiger partial charge in [0.2, 0.25) is 5.89 Å². The van der Waals surface area contributed by atoms with E-state index in [1.807, 2.05) is 6.92 Å². The molecule has 0 spiro atoms. The van der Waals surface area contributed by atoms with E-state index in [1.165, 1.54) is 11.1 Å². The number of hydrogen-bond acceptors (Lipinski definition) is 4. The van der Waals surface area contributed by atoms with Crippen molar-refractivity contribution in [2.75, 3.05) is 13.1 Å². The molecule has 7 heteroatoms. The number of aliphatic imine (C=N–C) groups is 1. The molecule has 0 saturated carbocycles. The highest BCUT2D eigenvalue weighted by Crippen LogP contribution is 2.04. The highest BCUT2D eigenvalue weighted by Gasteiger charge is 2.04. The number of hydrogen-bond donors (Lipinski definition) is 2. The molecule has 0 aliphatic carbocycles. The van der Waals surface area contributed by atoms with Crippen molar-refractivity contribution in [3.8, 4) is 0 Å². The summed E-state index contributed by atoms with van der Waals surface area (Å²) >= 11 is 0. The van der Waals surface area contributed by atoms with Crippen molar-refractivity contribution in [3.63, 3.8) is 0 Å². The average molecular weight is 457 g/mol. The lowest BCUT2D eigenvalue weighted by atomic mass is 10.1. The molecule has 2 rings (SSSR count). The Bertz CT molecular complexity index is 639. The molecular weight excluding hydrogens is 429 g/mol. The lowest BCUT2D eigenvalue weighted by Crippen LogP contribution is -2.39. The number of halogens is 1. The van der Waals surface area contributed by atoms with Crippen LogP contribution in [0.25, 0.3) is 0 Å². The molecule has 0 radical (unpaired) electrons. The summed E-state index contributed by atoms with van der Waals surface area (Å²) in [6.45, 7) is 8.35. The number of rotatable bonds is 8. The Morgan fingerprint density at radius 1 is 1.12 bits per heavy atom. The maximum absolute atomic E-state index is 5.12. The van der Waals surface area contributed by atoms with E-state index >= 15 is 0 Å². The fourth-order valence-corrected chi connectivity index (χ4v) is 2.15. The zero-order valence-corrected chi connectivity index (χ0v) is 17.5. The smallest absolute Gasteiger partial charge is 0.228 e. The van der Waals surface area contributed by atoms with E-state index < -0.39 is 0 Å². The minimum Gasteiger partial charge on any atom is -0.356 e. The fourth-order valence-electron chi connectivity index (χ4n) is 2.15. The first-order valence-corrected chi connectivity index (χ1v) is 8.54. The van der Waals surface area contributed by atoms with Gasteiger partial charge in [-0.15, -0.1) is 24.0 Å². The highest BCUT2D eigenvalue weighted by atomic mass is 127. The fraction of sp³-hybridized carbons (Fsp3) is 0.500. The van der Waals surface area contributed by atoms with Crippen molar-refractivity contribution in [3.05, 3.63) is 47.1 Å². The minimum atomic E-state index is 0. The molecule has 0 aliphatic rings. The predicted molar refractivity (Wildman–Crippen MR) is 111 cm³/mol. The first-order valence-electron chi connectivity index (χ1n) is 8.54. The van der Waals surface area contributed by atoms with Gasteiger partial charge in [0.05, 0.1) is 6.54 Å². The van der Waals surface area contributed by atoms with Crippen molar-refractivity contribution in [2.24, 2.45) is 4.99 Å². The van der Waals surface area contributed by atoms with Gasteiger partial charge in [0.25, 0.3) is 0 Å². The van der Waals surface area contributed by atoms with Gasteiger partial charge in [-0.3, -0.25) is 0 Å². The van der Waals surface area contributed by atoms with Gasteiger partial charge in [-0.05, 0) is 25.8 Å². The molecule has 1 aromatic heterocycles. The number of benzene rings is 1. The summed E-state index contributed by atoms with van der Waals surface area (Å²) in [5, 5.41) is 10.5. The number of nitrogens with zero attached hydrogens (tertiary/aromatic N) is 3. The summed E-state index contributed by atoms with van der Waals surface area (Å²) in [5.41, 5.74) is 2.46. The van der Waals surface area contributed by atoms with E-state index in [4.69, 9.17) is 4.52 Å². The maximum Gasteiger partial charge on any atom is 0.228 e. The van der Waals surface area contributed by atoms with E-state index in [2.05, 4.69) is 63.9 Å². The van der Waals surface area contributed by atoms with E-state index in [-0.39, 0.29) is 24.0 Å². The van der Waals surface area contributed by atoms with Crippen molar-refractivity contribution < 1.29 is 4.52 Å². The largest absolute Gasteiger partial charge is 0.356 e. The molecule has 0 unspecified atom stereocenters. The standard InChI is InChI=1S/C18H27N5O.HI/c1-4-5-11-19-18(20-12-10-17-22-15(3)23-24-17)21-13-16-8-6-14(2)7-9-16;/h6-9H,4-5,10-13H2,1-3H3,(H2,19,20,21);1H. The lowest BCUT2D eigenvalue weighted by Gasteiger charge is -2.11. The van der Waals surface area contributed by atoms with Crippen molar-refractivity contribution in [1.82, 2.24) is 20.8 Å². The summed E-state index contributed by atoms with van der Waals surface area (Å²) in [6, 6.07) is 8.45. The van der Waals surface area contributed by atoms with Crippen LogP contribution in [0.1, 0.15) is 42.6 Å². The summed E-state index contributed by atoms with van der Waals surface area (Å²) < 4.78 is 5.12. The second-order valence-electron chi connectivity index (χ2n) is 5.84. The predicted octanol–water partition coefficient (Wildman–Crippen LogP) is 3.38. The van der Waals surface area contributed by atoms with Crippen LogP contribution >= 0.6 is 24.0 Å². The Balaban J connectivity index is 0.00000312. The quantitative estimate of drug-likeness (QED) is 0.275. The third-order valence-electron chi connectivity index (χ3n) is 3.56. The molecule has 6 nitrogen and oxygen atoms in total. The van der Waals surface area contributed by atoms with Crippen LogP contribution in [0.15, 0.2) is 33.8 Å². The monoisotopic (exact) mass is 457 g/mol. The highest BCUT2D eigenvalue weighted by molar-refractivity contribution is 14.0. The summed E-state index contributed by atoms with van der Waals surface area (Å²) in [4.78, 5) is 8.87. The van der Waals surface area contributed by atoms with Crippen molar-refractivity contribution in [2.45, 2.75) is 46.6 Å². The van der Waals surface area contributed by atoms with Gasteiger partial charge in [0.15, 0.2) is 11.8 Å². The van der Waals surface area contributed by atoms with Crippen LogP contribution in [0.2, 0.25) is 0 Å². The number of aryl methyl sites for hydroxylation is 2. The third kappa shape index (κ3) is 8.33. The van der Waals surface area contributed by atoms with E-state index in [9.17, 15) is 0 Å². The molecule has 25 heavy (non-hydrogen) atoms. The molecule has 0 amide bonds. The Morgan fingerprint density at radius 2 is 1.84 bits per heavy atom. The first kappa shape index (κ1) is 21.4. The molecule has 0 atom stereocenters. The zero-order chi connectivity index (χ0) is 17.2. The molecule has 138 valence electrons. The Hall–Kier alpha value is -1.64.